The number of rotatable bonds is 4. The predicted molar refractivity (Wildman–Crippen MR) is 94.1 cm³/mol. The van der Waals surface area contributed by atoms with E-state index in [1.807, 2.05) is 13.0 Å². The highest BCUT2D eigenvalue weighted by Crippen LogP contribution is 2.36. The third kappa shape index (κ3) is 3.39. The lowest BCUT2D eigenvalue weighted by atomic mass is 10.2. The largest absolute Gasteiger partial charge is 0.454 e. The van der Waals surface area contributed by atoms with Crippen molar-refractivity contribution in [1.82, 2.24) is 4.83 Å². The summed E-state index contributed by atoms with van der Waals surface area (Å²) in [5.74, 6) is 1.23. The van der Waals surface area contributed by atoms with E-state index >= 15 is 0 Å². The molecule has 24 heavy (non-hydrogen) atoms. The van der Waals surface area contributed by atoms with Gasteiger partial charge in [-0.1, -0.05) is 12.1 Å². The molecule has 0 saturated heterocycles. The molecule has 1 aliphatic heterocycles. The molecule has 2 aromatic rings. The fourth-order valence-electron chi connectivity index (χ4n) is 2.24. The zero-order valence-corrected chi connectivity index (χ0v) is 15.4. The Morgan fingerprint density at radius 1 is 1.17 bits per heavy atom. The molecule has 0 amide bonds. The molecule has 0 aromatic heterocycles. The summed E-state index contributed by atoms with van der Waals surface area (Å²) < 4.78 is 36.1. The maximum atomic E-state index is 12.4. The van der Waals surface area contributed by atoms with Crippen LogP contribution in [0.15, 0.2) is 44.8 Å². The van der Waals surface area contributed by atoms with Gasteiger partial charge in [0.05, 0.1) is 11.1 Å². The second kappa shape index (κ2) is 6.45. The first kappa shape index (κ1) is 16.8. The highest BCUT2D eigenvalue weighted by atomic mass is 79.9. The third-order valence-electron chi connectivity index (χ3n) is 3.50. The van der Waals surface area contributed by atoms with E-state index in [9.17, 15) is 8.42 Å². The predicted octanol–water partition coefficient (Wildman–Crippen LogP) is 3.11. The van der Waals surface area contributed by atoms with E-state index in [2.05, 4.69) is 25.9 Å². The number of hydrogen-bond acceptors (Lipinski definition) is 5. The number of benzene rings is 2. The summed E-state index contributed by atoms with van der Waals surface area (Å²) in [4.78, 5) is 2.45. The minimum atomic E-state index is -3.73. The molecule has 3 rings (SSSR count). The van der Waals surface area contributed by atoms with Crippen LogP contribution in [0.1, 0.15) is 16.7 Å². The highest BCUT2D eigenvalue weighted by Gasteiger charge is 2.17. The first-order valence-corrected chi connectivity index (χ1v) is 9.36. The minimum absolute atomic E-state index is 0.168. The van der Waals surface area contributed by atoms with E-state index in [1.54, 1.807) is 31.2 Å². The van der Waals surface area contributed by atoms with Gasteiger partial charge in [-0.2, -0.15) is 13.5 Å². The van der Waals surface area contributed by atoms with Crippen molar-refractivity contribution < 1.29 is 17.9 Å². The van der Waals surface area contributed by atoms with Gasteiger partial charge >= 0.3 is 0 Å². The van der Waals surface area contributed by atoms with Gasteiger partial charge in [-0.3, -0.25) is 0 Å². The van der Waals surface area contributed by atoms with Crippen LogP contribution in [0.4, 0.5) is 0 Å². The van der Waals surface area contributed by atoms with Gasteiger partial charge in [0.15, 0.2) is 11.5 Å². The lowest BCUT2D eigenvalue weighted by Crippen LogP contribution is -2.19. The average Bonchev–Trinajstić information content (AvgIpc) is 2.96. The van der Waals surface area contributed by atoms with Crippen LogP contribution >= 0.6 is 15.9 Å². The number of aryl methyl sites for hydroxylation is 2. The van der Waals surface area contributed by atoms with Crippen molar-refractivity contribution in [2.45, 2.75) is 18.7 Å². The van der Waals surface area contributed by atoms with Gasteiger partial charge in [0.2, 0.25) is 6.79 Å². The SMILES string of the molecule is Cc1ccc(C)c(S(=O)(=O)N/N=C/c2cc3c(cc2Br)OCO3)c1. The van der Waals surface area contributed by atoms with E-state index < -0.39 is 10.0 Å². The Kier molecular flexibility index (Phi) is 4.51. The normalized spacial score (nSPS) is 13.5. The molecule has 0 bridgehead atoms. The number of sulfonamides is 1. The average molecular weight is 411 g/mol. The number of hydrogen-bond donors (Lipinski definition) is 1. The van der Waals surface area contributed by atoms with E-state index in [-0.39, 0.29) is 11.7 Å². The van der Waals surface area contributed by atoms with Crippen molar-refractivity contribution in [1.29, 1.82) is 0 Å². The molecule has 0 aliphatic carbocycles. The number of hydrazone groups is 1. The van der Waals surface area contributed by atoms with Gasteiger partial charge in [0.1, 0.15) is 0 Å². The van der Waals surface area contributed by atoms with Gasteiger partial charge in [0.25, 0.3) is 10.0 Å². The third-order valence-corrected chi connectivity index (χ3v) is 5.55. The minimum Gasteiger partial charge on any atom is -0.454 e. The van der Waals surface area contributed by atoms with Crippen LogP contribution < -0.4 is 14.3 Å². The molecule has 0 unspecified atom stereocenters. The van der Waals surface area contributed by atoms with Crippen LogP contribution in [0.2, 0.25) is 0 Å². The Morgan fingerprint density at radius 2 is 1.88 bits per heavy atom. The number of halogens is 1. The highest BCUT2D eigenvalue weighted by molar-refractivity contribution is 9.10. The summed E-state index contributed by atoms with van der Waals surface area (Å²) >= 11 is 3.39. The van der Waals surface area contributed by atoms with Crippen LogP contribution in [-0.2, 0) is 10.0 Å². The first-order valence-electron chi connectivity index (χ1n) is 7.08. The van der Waals surface area contributed by atoms with Crippen molar-refractivity contribution in [2.24, 2.45) is 5.10 Å². The van der Waals surface area contributed by atoms with E-state index in [1.165, 1.54) is 6.21 Å². The van der Waals surface area contributed by atoms with Crippen LogP contribution in [0.3, 0.4) is 0 Å². The number of ether oxygens (including phenoxy) is 2. The molecule has 0 fully saturated rings. The lowest BCUT2D eigenvalue weighted by Gasteiger charge is -2.08. The van der Waals surface area contributed by atoms with E-state index in [4.69, 9.17) is 9.47 Å². The van der Waals surface area contributed by atoms with Gasteiger partial charge < -0.3 is 9.47 Å². The van der Waals surface area contributed by atoms with Crippen molar-refractivity contribution in [3.8, 4) is 11.5 Å². The second-order valence-electron chi connectivity index (χ2n) is 5.35. The summed E-state index contributed by atoms with van der Waals surface area (Å²) in [6.07, 6.45) is 1.41. The van der Waals surface area contributed by atoms with Gasteiger partial charge in [-0.25, -0.2) is 4.83 Å². The Hall–Kier alpha value is -2.06. The summed E-state index contributed by atoms with van der Waals surface area (Å²) in [6.45, 7) is 3.75. The standard InChI is InChI=1S/C16H15BrN2O4S/c1-10-3-4-11(2)16(5-10)24(20,21)19-18-8-12-6-14-15(7-13(12)17)23-9-22-14/h3-8,19H,9H2,1-2H3/b18-8+. The summed E-state index contributed by atoms with van der Waals surface area (Å²) in [5.41, 5.74) is 2.19. The summed E-state index contributed by atoms with van der Waals surface area (Å²) in [7, 11) is -3.73. The zero-order chi connectivity index (χ0) is 17.3. The van der Waals surface area contributed by atoms with Gasteiger partial charge in [-0.05, 0) is 59.1 Å². The maximum Gasteiger partial charge on any atom is 0.276 e. The van der Waals surface area contributed by atoms with Crippen LogP contribution in [0, 0.1) is 13.8 Å². The van der Waals surface area contributed by atoms with Gasteiger partial charge in [0, 0.05) is 10.0 Å². The van der Waals surface area contributed by atoms with Crippen LogP contribution in [0.5, 0.6) is 11.5 Å². The molecule has 8 heteroatoms. The molecule has 0 atom stereocenters. The van der Waals surface area contributed by atoms with E-state index in [0.717, 1.165) is 10.0 Å². The molecular formula is C16H15BrN2O4S. The van der Waals surface area contributed by atoms with Crippen molar-refractivity contribution >= 4 is 32.2 Å². The first-order chi connectivity index (χ1) is 11.4. The van der Waals surface area contributed by atoms with Crippen LogP contribution in [-0.4, -0.2) is 21.4 Å². The molecule has 1 N–H and O–H groups in total. The van der Waals surface area contributed by atoms with Crippen molar-refractivity contribution in [2.75, 3.05) is 6.79 Å². The maximum absolute atomic E-state index is 12.4. The van der Waals surface area contributed by atoms with Crippen molar-refractivity contribution in [3.63, 3.8) is 0 Å². The van der Waals surface area contributed by atoms with Crippen molar-refractivity contribution in [3.05, 3.63) is 51.5 Å². The molecule has 126 valence electrons. The quantitative estimate of drug-likeness (QED) is 0.620. The number of fused-ring (bicyclic) bond motifs is 1. The fraction of sp³-hybridized carbons (Fsp3) is 0.188. The number of nitrogens with one attached hydrogen (secondary N) is 1. The smallest absolute Gasteiger partial charge is 0.276 e. The molecule has 0 radical (unpaired) electrons. The lowest BCUT2D eigenvalue weighted by molar-refractivity contribution is 0.174. The molecule has 0 spiro atoms. The Labute approximate surface area is 148 Å². The van der Waals surface area contributed by atoms with Crippen LogP contribution in [0.25, 0.3) is 0 Å². The molecule has 6 nitrogen and oxygen atoms in total. The Morgan fingerprint density at radius 3 is 2.62 bits per heavy atom. The molecule has 0 saturated carbocycles. The second-order valence-corrected chi connectivity index (χ2v) is 7.83. The Bertz CT molecular complexity index is 926. The van der Waals surface area contributed by atoms with E-state index in [0.29, 0.717) is 22.6 Å². The monoisotopic (exact) mass is 410 g/mol. The zero-order valence-electron chi connectivity index (χ0n) is 13.0. The number of nitrogens with zero attached hydrogens (tertiary/aromatic N) is 1. The van der Waals surface area contributed by atoms with Gasteiger partial charge in [-0.15, -0.1) is 0 Å². The summed E-state index contributed by atoms with van der Waals surface area (Å²) in [6, 6.07) is 8.72. The fourth-order valence-corrected chi connectivity index (χ4v) is 3.79. The topological polar surface area (TPSA) is 77.0 Å². The summed E-state index contributed by atoms with van der Waals surface area (Å²) in [5, 5.41) is 3.86. The molecular weight excluding hydrogens is 396 g/mol. The molecule has 2 aromatic carbocycles. The molecule has 1 aliphatic rings. The molecule has 1 heterocycles. The Balaban J connectivity index is 1.82.